The first-order valence-corrected chi connectivity index (χ1v) is 10.3. The van der Waals surface area contributed by atoms with Crippen LogP contribution in [-0.4, -0.2) is 49.0 Å². The third-order valence-electron chi connectivity index (χ3n) is 5.59. The number of rotatable bonds is 8. The van der Waals surface area contributed by atoms with Gasteiger partial charge in [0.2, 0.25) is 0 Å². The van der Waals surface area contributed by atoms with Crippen LogP contribution < -0.4 is 15.5 Å². The molecule has 2 fully saturated rings. The number of hydrogen-bond acceptors (Lipinski definition) is 3. The van der Waals surface area contributed by atoms with Gasteiger partial charge in [0.1, 0.15) is 0 Å². The van der Waals surface area contributed by atoms with Crippen molar-refractivity contribution in [2.24, 2.45) is 0 Å². The minimum absolute atomic E-state index is 0.0549. The van der Waals surface area contributed by atoms with Gasteiger partial charge in [0.15, 0.2) is 18.8 Å². The Bertz CT molecular complexity index is 930. The molecule has 1 saturated carbocycles. The molecule has 2 aromatic carbocycles. The lowest BCUT2D eigenvalue weighted by molar-refractivity contribution is -0.879. The maximum Gasteiger partial charge on any atom is 0.329 e. The third-order valence-corrected chi connectivity index (χ3v) is 5.59. The molecule has 1 unspecified atom stereocenters. The van der Waals surface area contributed by atoms with Crippen molar-refractivity contribution < 1.29 is 19.3 Å². The number of nitrogens with one attached hydrogen (secondary N) is 3. The molecule has 2 aromatic rings. The smallest absolute Gasteiger partial charge is 0.329 e. The average Bonchev–Trinajstić information content (AvgIpc) is 3.52. The number of carbonyl (C=O) groups excluding carboxylic acids is 3. The Morgan fingerprint density at radius 3 is 2.37 bits per heavy atom. The second-order valence-electron chi connectivity index (χ2n) is 8.23. The van der Waals surface area contributed by atoms with E-state index in [1.165, 1.54) is 4.90 Å². The number of amides is 4. The maximum atomic E-state index is 13.6. The topological polar surface area (TPSA) is 82.9 Å². The molecule has 0 radical (unpaired) electrons. The van der Waals surface area contributed by atoms with Crippen LogP contribution in [0.2, 0.25) is 0 Å². The highest BCUT2D eigenvalue weighted by molar-refractivity contribution is 6.07. The van der Waals surface area contributed by atoms with Gasteiger partial charge in [0.25, 0.3) is 11.8 Å². The molecule has 2 atom stereocenters. The Hall–Kier alpha value is -3.19. The van der Waals surface area contributed by atoms with E-state index in [1.807, 2.05) is 67.7 Å². The Morgan fingerprint density at radius 1 is 1.10 bits per heavy atom. The van der Waals surface area contributed by atoms with Gasteiger partial charge in [0, 0.05) is 12.5 Å². The molecule has 0 aromatic heterocycles. The fourth-order valence-corrected chi connectivity index (χ4v) is 3.92. The number of quaternary nitrogens is 1. The Balaban J connectivity index is 1.55. The van der Waals surface area contributed by atoms with E-state index in [0.29, 0.717) is 12.5 Å². The lowest BCUT2D eigenvalue weighted by Crippen LogP contribution is -3.12. The monoisotopic (exact) mass is 407 g/mol. The largest absolute Gasteiger partial charge is 0.348 e. The zero-order chi connectivity index (χ0) is 21.1. The van der Waals surface area contributed by atoms with Crippen LogP contribution in [-0.2, 0) is 21.5 Å². The highest BCUT2D eigenvalue weighted by Gasteiger charge is 2.53. The summed E-state index contributed by atoms with van der Waals surface area (Å²) >= 11 is 0. The molecule has 1 heterocycles. The summed E-state index contributed by atoms with van der Waals surface area (Å²) < 4.78 is 0. The van der Waals surface area contributed by atoms with Gasteiger partial charge >= 0.3 is 6.03 Å². The zero-order valence-electron chi connectivity index (χ0n) is 17.1. The molecule has 1 saturated heterocycles. The van der Waals surface area contributed by atoms with E-state index in [9.17, 15) is 14.4 Å². The van der Waals surface area contributed by atoms with Crippen LogP contribution in [0.4, 0.5) is 4.79 Å². The first-order valence-electron chi connectivity index (χ1n) is 10.3. The van der Waals surface area contributed by atoms with Crippen LogP contribution in [0.1, 0.15) is 24.0 Å². The fraction of sp³-hybridized carbons (Fsp3) is 0.348. The normalized spacial score (nSPS) is 22.0. The number of benzene rings is 2. The highest BCUT2D eigenvalue weighted by atomic mass is 16.2. The van der Waals surface area contributed by atoms with E-state index in [2.05, 4.69) is 10.6 Å². The molecular weight excluding hydrogens is 380 g/mol. The Morgan fingerprint density at radius 2 is 1.73 bits per heavy atom. The van der Waals surface area contributed by atoms with Crippen LogP contribution >= 0.6 is 0 Å². The molecule has 2 aliphatic rings. The summed E-state index contributed by atoms with van der Waals surface area (Å²) in [5, 5.41) is 5.90. The summed E-state index contributed by atoms with van der Waals surface area (Å²) in [5.41, 5.74) is 0.552. The first kappa shape index (κ1) is 20.1. The number of likely N-dealkylation sites (N-methyl/N-ethyl adjacent to an activating group) is 1. The van der Waals surface area contributed by atoms with Crippen LogP contribution in [0.3, 0.4) is 0 Å². The van der Waals surface area contributed by atoms with Crippen molar-refractivity contribution >= 4 is 17.8 Å². The quantitative estimate of drug-likeness (QED) is 0.555. The van der Waals surface area contributed by atoms with Gasteiger partial charge in [-0.2, -0.15) is 0 Å². The lowest BCUT2D eigenvalue weighted by Gasteiger charge is -2.28. The van der Waals surface area contributed by atoms with Gasteiger partial charge in [-0.05, 0) is 24.0 Å². The van der Waals surface area contributed by atoms with Gasteiger partial charge < -0.3 is 15.5 Å². The van der Waals surface area contributed by atoms with Crippen molar-refractivity contribution in [1.29, 1.82) is 0 Å². The van der Waals surface area contributed by atoms with E-state index in [1.54, 1.807) is 0 Å². The number of hydrogen-bond donors (Lipinski definition) is 3. The molecule has 0 spiro atoms. The molecule has 156 valence electrons. The summed E-state index contributed by atoms with van der Waals surface area (Å²) in [7, 11) is 1.81. The average molecular weight is 407 g/mol. The first-order chi connectivity index (χ1) is 14.5. The van der Waals surface area contributed by atoms with Crippen LogP contribution in [0.5, 0.6) is 0 Å². The SMILES string of the molecule is C[NH+](CC(=O)NC1CC1)CN1C(=O)N[C@](Cc2ccccc2)(c2ccccc2)C1=O. The van der Waals surface area contributed by atoms with Crippen molar-refractivity contribution in [3.63, 3.8) is 0 Å². The van der Waals surface area contributed by atoms with E-state index in [4.69, 9.17) is 0 Å². The van der Waals surface area contributed by atoms with Crippen molar-refractivity contribution in [2.75, 3.05) is 20.3 Å². The summed E-state index contributed by atoms with van der Waals surface area (Å²) in [6, 6.07) is 18.9. The molecule has 4 amide bonds. The molecule has 0 bridgehead atoms. The second-order valence-corrected chi connectivity index (χ2v) is 8.23. The van der Waals surface area contributed by atoms with Crippen molar-refractivity contribution in [1.82, 2.24) is 15.5 Å². The zero-order valence-corrected chi connectivity index (χ0v) is 17.1. The highest BCUT2D eigenvalue weighted by Crippen LogP contribution is 2.32. The van der Waals surface area contributed by atoms with Gasteiger partial charge in [-0.25, -0.2) is 9.69 Å². The molecule has 4 rings (SSSR count). The van der Waals surface area contributed by atoms with Gasteiger partial charge in [-0.15, -0.1) is 0 Å². The minimum atomic E-state index is -1.16. The molecular formula is C23H27N4O3+. The minimum Gasteiger partial charge on any atom is -0.348 e. The van der Waals surface area contributed by atoms with Crippen LogP contribution in [0.15, 0.2) is 60.7 Å². The fourth-order valence-electron chi connectivity index (χ4n) is 3.92. The predicted molar refractivity (Wildman–Crippen MR) is 111 cm³/mol. The van der Waals surface area contributed by atoms with E-state index in [0.717, 1.165) is 28.9 Å². The van der Waals surface area contributed by atoms with E-state index < -0.39 is 11.6 Å². The number of imide groups is 1. The van der Waals surface area contributed by atoms with Crippen molar-refractivity contribution in [3.8, 4) is 0 Å². The summed E-state index contributed by atoms with van der Waals surface area (Å²) in [4.78, 5) is 40.5. The summed E-state index contributed by atoms with van der Waals surface area (Å²) in [6.45, 7) is 0.344. The van der Waals surface area contributed by atoms with Crippen molar-refractivity contribution in [3.05, 3.63) is 71.8 Å². The van der Waals surface area contributed by atoms with E-state index in [-0.39, 0.29) is 25.0 Å². The molecule has 7 nitrogen and oxygen atoms in total. The molecule has 30 heavy (non-hydrogen) atoms. The molecule has 3 N–H and O–H groups in total. The third kappa shape index (κ3) is 4.21. The van der Waals surface area contributed by atoms with Gasteiger partial charge in [-0.1, -0.05) is 60.7 Å². The molecule has 1 aliphatic carbocycles. The molecule has 1 aliphatic heterocycles. The Kier molecular flexibility index (Phi) is 5.55. The Labute approximate surface area is 176 Å². The summed E-state index contributed by atoms with van der Waals surface area (Å²) in [6.07, 6.45) is 2.41. The lowest BCUT2D eigenvalue weighted by atomic mass is 9.83. The van der Waals surface area contributed by atoms with E-state index >= 15 is 0 Å². The number of urea groups is 1. The van der Waals surface area contributed by atoms with Crippen molar-refractivity contribution in [2.45, 2.75) is 30.8 Å². The standard InChI is InChI=1S/C23H26N4O3/c1-26(15-20(28)24-19-12-13-19)16-27-21(29)23(25-22(27)30,18-10-6-3-7-11-18)14-17-8-4-2-5-9-17/h2-11,19H,12-16H2,1H3,(H,24,28)(H,25,30)/p+1/t23-/m1/s1. The van der Waals surface area contributed by atoms with Gasteiger partial charge in [0.05, 0.1) is 7.05 Å². The maximum absolute atomic E-state index is 13.6. The van der Waals surface area contributed by atoms with Crippen LogP contribution in [0, 0.1) is 0 Å². The predicted octanol–water partition coefficient (Wildman–Crippen LogP) is 0.427. The van der Waals surface area contributed by atoms with Gasteiger partial charge in [-0.3, -0.25) is 9.59 Å². The second kappa shape index (κ2) is 8.28. The summed E-state index contributed by atoms with van der Waals surface area (Å²) in [5.74, 6) is -0.342. The number of carbonyl (C=O) groups is 3. The molecule has 7 heteroatoms. The number of nitrogens with zero attached hydrogens (tertiary/aromatic N) is 1. The van der Waals surface area contributed by atoms with Crippen LogP contribution in [0.25, 0.3) is 0 Å².